The topological polar surface area (TPSA) is 74.3 Å². The van der Waals surface area contributed by atoms with Crippen LogP contribution >= 0.6 is 11.8 Å². The number of thioether (sulfide) groups is 1. The Bertz CT molecular complexity index is 1120. The fraction of sp³-hybridized carbons (Fsp3) is 0.190. The van der Waals surface area contributed by atoms with Gasteiger partial charge in [-0.15, -0.1) is 21.9 Å². The number of tetrazole rings is 1. The molecule has 0 saturated heterocycles. The van der Waals surface area contributed by atoms with Crippen LogP contribution in [0.25, 0.3) is 17.1 Å². The first-order valence-electron chi connectivity index (χ1n) is 9.29. The lowest BCUT2D eigenvalue weighted by Gasteiger charge is -2.12. The van der Waals surface area contributed by atoms with E-state index in [0.717, 1.165) is 28.1 Å². The fourth-order valence-electron chi connectivity index (χ4n) is 3.08. The molecule has 0 N–H and O–H groups in total. The highest BCUT2D eigenvalue weighted by Gasteiger charge is 2.21. The van der Waals surface area contributed by atoms with Crippen LogP contribution in [0.4, 0.5) is 0 Å². The number of rotatable bonds is 7. The quantitative estimate of drug-likeness (QED) is 0.339. The zero-order valence-corrected chi connectivity index (χ0v) is 17.1. The summed E-state index contributed by atoms with van der Waals surface area (Å²) in [6, 6.07) is 18.1. The van der Waals surface area contributed by atoms with Crippen molar-refractivity contribution in [1.82, 2.24) is 35.0 Å². The predicted octanol–water partition coefficient (Wildman–Crippen LogP) is 4.27. The largest absolute Gasteiger partial charge is 0.298 e. The Hall–Kier alpha value is -3.26. The molecule has 29 heavy (non-hydrogen) atoms. The van der Waals surface area contributed by atoms with Crippen LogP contribution in [0, 0.1) is 6.92 Å². The second-order valence-electron chi connectivity index (χ2n) is 6.62. The van der Waals surface area contributed by atoms with Gasteiger partial charge in [-0.1, -0.05) is 59.8 Å². The van der Waals surface area contributed by atoms with E-state index in [1.54, 1.807) is 16.4 Å². The molecule has 146 valence electrons. The molecule has 0 fully saturated rings. The number of aromatic nitrogens is 7. The van der Waals surface area contributed by atoms with Gasteiger partial charge in [0.2, 0.25) is 0 Å². The maximum Gasteiger partial charge on any atom is 0.192 e. The van der Waals surface area contributed by atoms with Gasteiger partial charge in [-0.2, -0.15) is 4.68 Å². The molecule has 8 heteroatoms. The third-order valence-electron chi connectivity index (χ3n) is 4.44. The zero-order chi connectivity index (χ0) is 20.2. The normalized spacial score (nSPS) is 12.1. The van der Waals surface area contributed by atoms with Crippen LogP contribution in [0.1, 0.15) is 23.6 Å². The summed E-state index contributed by atoms with van der Waals surface area (Å²) in [5, 5.41) is 21.9. The summed E-state index contributed by atoms with van der Waals surface area (Å²) in [6.07, 6.45) is 1.85. The van der Waals surface area contributed by atoms with E-state index in [-0.39, 0.29) is 5.25 Å². The molecule has 0 saturated carbocycles. The van der Waals surface area contributed by atoms with E-state index in [2.05, 4.69) is 62.8 Å². The molecule has 0 radical (unpaired) electrons. The van der Waals surface area contributed by atoms with Gasteiger partial charge < -0.3 is 0 Å². The van der Waals surface area contributed by atoms with E-state index < -0.39 is 0 Å². The molecule has 0 aliphatic heterocycles. The first kappa shape index (κ1) is 19.1. The summed E-state index contributed by atoms with van der Waals surface area (Å²) < 4.78 is 3.83. The third-order valence-corrected chi connectivity index (χ3v) is 5.52. The fourth-order valence-corrected chi connectivity index (χ4v) is 4.02. The molecule has 7 nitrogen and oxygen atoms in total. The number of benzene rings is 2. The summed E-state index contributed by atoms with van der Waals surface area (Å²) in [5.41, 5.74) is 3.14. The molecule has 0 aliphatic carbocycles. The molecule has 0 aliphatic rings. The minimum Gasteiger partial charge on any atom is -0.298 e. The van der Waals surface area contributed by atoms with Crippen LogP contribution in [0.15, 0.2) is 72.4 Å². The standard InChI is InChI=1S/C21H21N7S/c1-4-13-27-20(17-10-8-9-15(2)14-17)22-24-21(27)29-16(3)19-23-25-26-28(19)18-11-6-5-7-12-18/h4-12,14,16H,1,13H2,2-3H3. The average Bonchev–Trinajstić information content (AvgIpc) is 3.37. The van der Waals surface area contributed by atoms with Gasteiger partial charge in [0.15, 0.2) is 16.8 Å². The van der Waals surface area contributed by atoms with E-state index in [1.807, 2.05) is 48.5 Å². The highest BCUT2D eigenvalue weighted by molar-refractivity contribution is 7.99. The summed E-state index contributed by atoms with van der Waals surface area (Å²) in [4.78, 5) is 0. The second kappa shape index (κ2) is 8.40. The van der Waals surface area contributed by atoms with Crippen LogP contribution in [0.5, 0.6) is 0 Å². The van der Waals surface area contributed by atoms with E-state index in [1.165, 1.54) is 5.56 Å². The summed E-state index contributed by atoms with van der Waals surface area (Å²) in [5.74, 6) is 1.58. The summed E-state index contributed by atoms with van der Waals surface area (Å²) in [7, 11) is 0. The van der Waals surface area contributed by atoms with E-state index >= 15 is 0 Å². The van der Waals surface area contributed by atoms with Gasteiger partial charge in [-0.25, -0.2) is 0 Å². The Balaban J connectivity index is 1.65. The Morgan fingerprint density at radius 1 is 1.07 bits per heavy atom. The molecule has 2 aromatic heterocycles. The van der Waals surface area contributed by atoms with Crippen molar-refractivity contribution in [3.05, 3.63) is 78.6 Å². The smallest absolute Gasteiger partial charge is 0.192 e. The van der Waals surface area contributed by atoms with Crippen molar-refractivity contribution in [3.8, 4) is 17.1 Å². The lowest BCUT2D eigenvalue weighted by atomic mass is 10.1. The number of allylic oxidation sites excluding steroid dienone is 1. The number of nitrogens with zero attached hydrogens (tertiary/aromatic N) is 7. The summed E-state index contributed by atoms with van der Waals surface area (Å²) >= 11 is 1.57. The lowest BCUT2D eigenvalue weighted by Crippen LogP contribution is -2.06. The maximum atomic E-state index is 4.45. The molecule has 4 rings (SSSR count). The number of para-hydroxylation sites is 1. The average molecular weight is 404 g/mol. The highest BCUT2D eigenvalue weighted by Crippen LogP contribution is 2.35. The second-order valence-corrected chi connectivity index (χ2v) is 7.93. The van der Waals surface area contributed by atoms with Gasteiger partial charge in [-0.05, 0) is 42.5 Å². The molecular weight excluding hydrogens is 382 g/mol. The van der Waals surface area contributed by atoms with E-state index in [0.29, 0.717) is 6.54 Å². The van der Waals surface area contributed by atoms with Crippen LogP contribution in [0.3, 0.4) is 0 Å². The van der Waals surface area contributed by atoms with Gasteiger partial charge in [-0.3, -0.25) is 4.57 Å². The van der Waals surface area contributed by atoms with Gasteiger partial charge >= 0.3 is 0 Å². The molecule has 0 bridgehead atoms. The zero-order valence-electron chi connectivity index (χ0n) is 16.3. The van der Waals surface area contributed by atoms with Crippen LogP contribution in [0.2, 0.25) is 0 Å². The van der Waals surface area contributed by atoms with Crippen molar-refractivity contribution >= 4 is 11.8 Å². The Labute approximate surface area is 173 Å². The maximum absolute atomic E-state index is 4.45. The molecule has 1 unspecified atom stereocenters. The number of aryl methyl sites for hydroxylation is 1. The predicted molar refractivity (Wildman–Crippen MR) is 114 cm³/mol. The number of hydrogen-bond acceptors (Lipinski definition) is 6. The van der Waals surface area contributed by atoms with Crippen LogP contribution < -0.4 is 0 Å². The molecule has 1 atom stereocenters. The van der Waals surface area contributed by atoms with Gasteiger partial charge in [0.05, 0.1) is 10.9 Å². The lowest BCUT2D eigenvalue weighted by molar-refractivity contribution is 0.723. The molecule has 4 aromatic rings. The van der Waals surface area contributed by atoms with Gasteiger partial charge in [0, 0.05) is 12.1 Å². The Kier molecular flexibility index (Phi) is 5.53. The van der Waals surface area contributed by atoms with Crippen LogP contribution in [-0.4, -0.2) is 35.0 Å². The minimum absolute atomic E-state index is 0.0247. The molecular formula is C21H21N7S. The highest BCUT2D eigenvalue weighted by atomic mass is 32.2. The number of hydrogen-bond donors (Lipinski definition) is 0. The van der Waals surface area contributed by atoms with Crippen molar-refractivity contribution < 1.29 is 0 Å². The van der Waals surface area contributed by atoms with Gasteiger partial charge in [0.1, 0.15) is 0 Å². The Morgan fingerprint density at radius 2 is 1.90 bits per heavy atom. The van der Waals surface area contributed by atoms with Crippen molar-refractivity contribution in [2.45, 2.75) is 30.8 Å². The first-order chi connectivity index (χ1) is 14.2. The van der Waals surface area contributed by atoms with Gasteiger partial charge in [0.25, 0.3) is 0 Å². The molecule has 0 amide bonds. The van der Waals surface area contributed by atoms with Crippen molar-refractivity contribution in [3.63, 3.8) is 0 Å². The van der Waals surface area contributed by atoms with E-state index in [4.69, 9.17) is 0 Å². The monoisotopic (exact) mass is 403 g/mol. The van der Waals surface area contributed by atoms with Crippen molar-refractivity contribution in [1.29, 1.82) is 0 Å². The molecule has 2 aromatic carbocycles. The van der Waals surface area contributed by atoms with Crippen molar-refractivity contribution in [2.75, 3.05) is 0 Å². The minimum atomic E-state index is -0.0247. The first-order valence-corrected chi connectivity index (χ1v) is 10.2. The van der Waals surface area contributed by atoms with Crippen LogP contribution in [-0.2, 0) is 6.54 Å². The Morgan fingerprint density at radius 3 is 2.66 bits per heavy atom. The van der Waals surface area contributed by atoms with Crippen molar-refractivity contribution in [2.24, 2.45) is 0 Å². The van der Waals surface area contributed by atoms with E-state index in [9.17, 15) is 0 Å². The molecule has 2 heterocycles. The SMILES string of the molecule is C=CCn1c(SC(C)c2nnnn2-c2ccccc2)nnc1-c1cccc(C)c1. The molecule has 0 spiro atoms. The summed E-state index contributed by atoms with van der Waals surface area (Å²) in [6.45, 7) is 8.64. The third kappa shape index (κ3) is 3.97.